The first-order chi connectivity index (χ1) is 9.22. The highest BCUT2D eigenvalue weighted by atomic mass is 79.9. The van der Waals surface area contributed by atoms with E-state index >= 15 is 0 Å². The summed E-state index contributed by atoms with van der Waals surface area (Å²) < 4.78 is 6.79. The fraction of sp³-hybridized carbons (Fsp3) is 0.133. The summed E-state index contributed by atoms with van der Waals surface area (Å²) in [6, 6.07) is 12.4. The minimum absolute atomic E-state index is 0. The lowest BCUT2D eigenvalue weighted by molar-refractivity contribution is -0.683. The maximum Gasteiger partial charge on any atom is 0.227 e. The molecular formula is C15H13BrN2O2. The number of hydrogen-bond acceptors (Lipinski definition) is 3. The molecule has 2 aromatic rings. The fourth-order valence-electron chi connectivity index (χ4n) is 1.67. The van der Waals surface area contributed by atoms with Gasteiger partial charge in [-0.05, 0) is 24.3 Å². The molecule has 0 amide bonds. The van der Waals surface area contributed by atoms with Crippen molar-refractivity contribution in [3.8, 4) is 11.8 Å². The molecule has 0 aliphatic heterocycles. The number of methoxy groups -OCH3 is 1. The van der Waals surface area contributed by atoms with E-state index in [2.05, 4.69) is 0 Å². The monoisotopic (exact) mass is 332 g/mol. The van der Waals surface area contributed by atoms with Crippen LogP contribution in [0.25, 0.3) is 0 Å². The Balaban J connectivity index is 0.00000200. The van der Waals surface area contributed by atoms with Crippen LogP contribution in [0.5, 0.6) is 5.75 Å². The molecule has 2 rings (SSSR count). The van der Waals surface area contributed by atoms with Crippen molar-refractivity contribution in [2.75, 3.05) is 7.11 Å². The number of carbonyl (C=O) groups is 1. The summed E-state index contributed by atoms with van der Waals surface area (Å²) in [5.41, 5.74) is 1.21. The van der Waals surface area contributed by atoms with E-state index in [4.69, 9.17) is 10.00 Å². The average Bonchev–Trinajstić information content (AvgIpc) is 2.48. The van der Waals surface area contributed by atoms with E-state index in [1.54, 1.807) is 60.5 Å². The van der Waals surface area contributed by atoms with Gasteiger partial charge in [0.05, 0.1) is 18.7 Å². The van der Waals surface area contributed by atoms with E-state index in [9.17, 15) is 4.79 Å². The molecule has 20 heavy (non-hydrogen) atoms. The number of carbonyl (C=O) groups excluding carboxylic acids is 1. The zero-order valence-corrected chi connectivity index (χ0v) is 12.5. The Labute approximate surface area is 128 Å². The van der Waals surface area contributed by atoms with Gasteiger partial charge in [-0.25, -0.2) is 0 Å². The number of hydrogen-bond donors (Lipinski definition) is 0. The van der Waals surface area contributed by atoms with Gasteiger partial charge in [-0.1, -0.05) is 0 Å². The molecule has 0 saturated heterocycles. The lowest BCUT2D eigenvalue weighted by atomic mass is 10.1. The van der Waals surface area contributed by atoms with E-state index in [1.807, 2.05) is 6.07 Å². The van der Waals surface area contributed by atoms with Gasteiger partial charge in [-0.3, -0.25) is 4.79 Å². The summed E-state index contributed by atoms with van der Waals surface area (Å²) in [6.07, 6.45) is 3.44. The van der Waals surface area contributed by atoms with E-state index in [-0.39, 0.29) is 29.3 Å². The van der Waals surface area contributed by atoms with Crippen LogP contribution < -0.4 is 26.3 Å². The number of halogens is 1. The summed E-state index contributed by atoms with van der Waals surface area (Å²) in [5, 5.41) is 8.70. The zero-order valence-electron chi connectivity index (χ0n) is 10.9. The minimum atomic E-state index is 0. The van der Waals surface area contributed by atoms with Crippen LogP contribution in [0, 0.1) is 11.3 Å². The topological polar surface area (TPSA) is 54.0 Å². The lowest BCUT2D eigenvalue weighted by Gasteiger charge is -2.01. The lowest BCUT2D eigenvalue weighted by Crippen LogP contribution is -3.00. The number of nitrogens with zero attached hydrogens (tertiary/aromatic N) is 2. The number of Topliss-reactive ketones (excluding diaryl/α,β-unsaturated/α-hetero) is 1. The predicted octanol–water partition coefficient (Wildman–Crippen LogP) is -1.26. The Hall–Kier alpha value is -2.19. The van der Waals surface area contributed by atoms with Crippen LogP contribution in [0.1, 0.15) is 15.9 Å². The van der Waals surface area contributed by atoms with Gasteiger partial charge in [-0.2, -0.15) is 9.83 Å². The first-order valence-corrected chi connectivity index (χ1v) is 5.79. The van der Waals surface area contributed by atoms with Gasteiger partial charge >= 0.3 is 0 Å². The SMILES string of the molecule is COc1ccc(C(=O)C[n+]2ccc(C#N)cc2)cc1.[Br-]. The summed E-state index contributed by atoms with van der Waals surface area (Å²) >= 11 is 0. The normalized spacial score (nSPS) is 9.20. The van der Waals surface area contributed by atoms with Crippen LogP contribution >= 0.6 is 0 Å². The predicted molar refractivity (Wildman–Crippen MR) is 68.7 cm³/mol. The molecule has 0 saturated carbocycles. The quantitative estimate of drug-likeness (QED) is 0.519. The standard InChI is InChI=1S/C15H13N2O2.BrH/c1-19-14-4-2-13(3-5-14)15(18)11-17-8-6-12(10-16)7-9-17;/h2-9H,11H2,1H3;1H/q+1;/p-1. The van der Waals surface area contributed by atoms with Crippen LogP contribution in [0.2, 0.25) is 0 Å². The largest absolute Gasteiger partial charge is 1.00 e. The molecule has 0 fully saturated rings. The third-order valence-corrected chi connectivity index (χ3v) is 2.76. The van der Waals surface area contributed by atoms with Crippen molar-refractivity contribution in [3.63, 3.8) is 0 Å². The molecule has 1 aromatic heterocycles. The maximum atomic E-state index is 12.0. The summed E-state index contributed by atoms with van der Waals surface area (Å²) in [6.45, 7) is 0.248. The van der Waals surface area contributed by atoms with Crippen LogP contribution in [0.4, 0.5) is 0 Å². The highest BCUT2D eigenvalue weighted by Gasteiger charge is 2.12. The second kappa shape index (κ2) is 7.41. The Bertz CT molecular complexity index is 616. The fourth-order valence-corrected chi connectivity index (χ4v) is 1.67. The van der Waals surface area contributed by atoms with Gasteiger partial charge in [-0.15, -0.1) is 0 Å². The number of benzene rings is 1. The first kappa shape index (κ1) is 15.9. The smallest absolute Gasteiger partial charge is 0.227 e. The van der Waals surface area contributed by atoms with E-state index in [1.165, 1.54) is 0 Å². The third kappa shape index (κ3) is 3.90. The molecule has 0 aliphatic carbocycles. The number of ether oxygens (including phenoxy) is 1. The second-order valence-electron chi connectivity index (χ2n) is 4.02. The van der Waals surface area contributed by atoms with Crippen LogP contribution in [-0.2, 0) is 6.54 Å². The molecule has 0 unspecified atom stereocenters. The van der Waals surface area contributed by atoms with Crippen molar-refractivity contribution >= 4 is 5.78 Å². The Morgan fingerprint density at radius 1 is 1.20 bits per heavy atom. The molecule has 0 radical (unpaired) electrons. The summed E-state index contributed by atoms with van der Waals surface area (Å²) in [5.74, 6) is 0.736. The minimum Gasteiger partial charge on any atom is -1.00 e. The molecule has 0 bridgehead atoms. The van der Waals surface area contributed by atoms with Gasteiger partial charge in [0.1, 0.15) is 5.75 Å². The Morgan fingerprint density at radius 3 is 2.30 bits per heavy atom. The molecule has 1 heterocycles. The molecule has 0 spiro atoms. The van der Waals surface area contributed by atoms with Gasteiger partial charge in [0.2, 0.25) is 12.3 Å². The number of rotatable bonds is 4. The van der Waals surface area contributed by atoms with Crippen molar-refractivity contribution in [2.24, 2.45) is 0 Å². The molecule has 1 aromatic carbocycles. The molecule has 0 aliphatic rings. The summed E-state index contributed by atoms with van der Waals surface area (Å²) in [7, 11) is 1.59. The highest BCUT2D eigenvalue weighted by Crippen LogP contribution is 2.11. The van der Waals surface area contributed by atoms with Crippen molar-refractivity contribution < 1.29 is 31.1 Å². The number of nitriles is 1. The Kier molecular flexibility index (Phi) is 5.88. The summed E-state index contributed by atoms with van der Waals surface area (Å²) in [4.78, 5) is 12.0. The maximum absolute atomic E-state index is 12.0. The van der Waals surface area contributed by atoms with Crippen molar-refractivity contribution in [3.05, 3.63) is 59.9 Å². The molecule has 0 atom stereocenters. The van der Waals surface area contributed by atoms with Gasteiger partial charge in [0.15, 0.2) is 12.4 Å². The third-order valence-electron chi connectivity index (χ3n) is 2.76. The van der Waals surface area contributed by atoms with Crippen molar-refractivity contribution in [1.82, 2.24) is 0 Å². The zero-order chi connectivity index (χ0) is 13.7. The molecule has 5 heteroatoms. The van der Waals surface area contributed by atoms with Crippen LogP contribution in [0.15, 0.2) is 48.8 Å². The first-order valence-electron chi connectivity index (χ1n) is 5.79. The molecule has 0 N–H and O–H groups in total. The number of aromatic nitrogens is 1. The van der Waals surface area contributed by atoms with E-state index in [0.717, 1.165) is 5.75 Å². The second-order valence-corrected chi connectivity index (χ2v) is 4.02. The number of ketones is 1. The van der Waals surface area contributed by atoms with Gasteiger partial charge in [0.25, 0.3) is 0 Å². The van der Waals surface area contributed by atoms with Gasteiger partial charge < -0.3 is 21.7 Å². The van der Waals surface area contributed by atoms with Gasteiger partial charge in [0, 0.05) is 17.7 Å². The van der Waals surface area contributed by atoms with Crippen LogP contribution in [0.3, 0.4) is 0 Å². The van der Waals surface area contributed by atoms with E-state index < -0.39 is 0 Å². The van der Waals surface area contributed by atoms with E-state index in [0.29, 0.717) is 11.1 Å². The average molecular weight is 333 g/mol. The molecule has 102 valence electrons. The molecular weight excluding hydrogens is 320 g/mol. The molecule has 4 nitrogen and oxygen atoms in total. The Morgan fingerprint density at radius 2 is 1.80 bits per heavy atom. The van der Waals surface area contributed by atoms with Crippen molar-refractivity contribution in [1.29, 1.82) is 5.26 Å². The number of pyridine rings is 1. The van der Waals surface area contributed by atoms with Crippen molar-refractivity contribution in [2.45, 2.75) is 6.54 Å². The highest BCUT2D eigenvalue weighted by molar-refractivity contribution is 5.95. The van der Waals surface area contributed by atoms with Crippen LogP contribution in [-0.4, -0.2) is 12.9 Å².